The molecule has 0 amide bonds. The number of aryl methyl sites for hydroxylation is 1. The summed E-state index contributed by atoms with van der Waals surface area (Å²) in [5.74, 6) is 0. The second kappa shape index (κ2) is 3.41. The highest BCUT2D eigenvalue weighted by Crippen LogP contribution is 2.08. The highest BCUT2D eigenvalue weighted by molar-refractivity contribution is 5.38. The summed E-state index contributed by atoms with van der Waals surface area (Å²) in [5, 5.41) is 7.44. The molecule has 2 aromatic rings. The Morgan fingerprint density at radius 2 is 2.00 bits per heavy atom. The van der Waals surface area contributed by atoms with Crippen LogP contribution in [0.4, 0.5) is 0 Å². The van der Waals surface area contributed by atoms with E-state index in [-0.39, 0.29) is 5.56 Å². The minimum atomic E-state index is -0.172. The molecule has 2 rings (SSSR count). The van der Waals surface area contributed by atoms with Gasteiger partial charge in [0.05, 0.1) is 11.9 Å². The Morgan fingerprint density at radius 3 is 2.71 bits per heavy atom. The van der Waals surface area contributed by atoms with Gasteiger partial charge in [0.25, 0.3) is 5.56 Å². The monoisotopic (exact) mass is 187 g/mol. The number of para-hydroxylation sites is 1. The van der Waals surface area contributed by atoms with Crippen molar-refractivity contribution in [2.75, 3.05) is 0 Å². The number of hydrogen-bond donors (Lipinski definition) is 0. The number of rotatable bonds is 1. The van der Waals surface area contributed by atoms with Crippen LogP contribution < -0.4 is 5.56 Å². The maximum absolute atomic E-state index is 11.4. The van der Waals surface area contributed by atoms with Crippen LogP contribution in [0.25, 0.3) is 5.69 Å². The maximum Gasteiger partial charge on any atom is 0.274 e. The summed E-state index contributed by atoms with van der Waals surface area (Å²) in [5.41, 5.74) is 1.59. The van der Waals surface area contributed by atoms with E-state index in [1.165, 1.54) is 16.9 Å². The number of benzene rings is 1. The van der Waals surface area contributed by atoms with Crippen LogP contribution in [0.3, 0.4) is 0 Å². The van der Waals surface area contributed by atoms with Crippen molar-refractivity contribution >= 4 is 0 Å². The van der Waals surface area contributed by atoms with E-state index in [0.29, 0.717) is 0 Å². The first-order valence-electron chi connectivity index (χ1n) is 4.26. The molecule has 0 atom stereocenters. The predicted octanol–water partition coefficient (Wildman–Crippen LogP) is 0.936. The molecule has 70 valence electrons. The maximum atomic E-state index is 11.4. The molecule has 4 nitrogen and oxygen atoms in total. The normalized spacial score (nSPS) is 10.1. The quantitative estimate of drug-likeness (QED) is 0.667. The second-order valence-electron chi connectivity index (χ2n) is 2.96. The lowest BCUT2D eigenvalue weighted by Gasteiger charge is -2.04. The van der Waals surface area contributed by atoms with Crippen molar-refractivity contribution in [3.63, 3.8) is 0 Å². The third-order valence-corrected chi connectivity index (χ3v) is 1.98. The van der Waals surface area contributed by atoms with Crippen LogP contribution in [0, 0.1) is 6.92 Å². The fraction of sp³-hybridized carbons (Fsp3) is 0.100. The Morgan fingerprint density at radius 1 is 1.21 bits per heavy atom. The average Bonchev–Trinajstić information content (AvgIpc) is 2.20. The first kappa shape index (κ1) is 8.62. The lowest BCUT2D eigenvalue weighted by molar-refractivity contribution is 0.713. The minimum absolute atomic E-state index is 0.172. The van der Waals surface area contributed by atoms with Gasteiger partial charge in [0.1, 0.15) is 0 Å². The fourth-order valence-electron chi connectivity index (χ4n) is 1.26. The molecular weight excluding hydrogens is 178 g/mol. The van der Waals surface area contributed by atoms with E-state index < -0.39 is 0 Å². The van der Waals surface area contributed by atoms with E-state index in [4.69, 9.17) is 0 Å². The predicted molar refractivity (Wildman–Crippen MR) is 52.4 cm³/mol. The summed E-state index contributed by atoms with van der Waals surface area (Å²) in [6, 6.07) is 8.94. The van der Waals surface area contributed by atoms with Crippen molar-refractivity contribution in [3.05, 3.63) is 52.4 Å². The lowest BCUT2D eigenvalue weighted by atomic mass is 10.2. The standard InChI is InChI=1S/C10H9N3O/c1-8-4-2-3-5-9(8)13-10(14)6-7-11-12-13/h2-7H,1H3. The minimum Gasteiger partial charge on any atom is -0.267 e. The second-order valence-corrected chi connectivity index (χ2v) is 2.96. The van der Waals surface area contributed by atoms with Crippen molar-refractivity contribution in [2.45, 2.75) is 6.92 Å². The Balaban J connectivity index is 2.67. The van der Waals surface area contributed by atoms with Crippen LogP contribution in [-0.2, 0) is 0 Å². The van der Waals surface area contributed by atoms with Gasteiger partial charge >= 0.3 is 0 Å². The molecule has 0 bridgehead atoms. The highest BCUT2D eigenvalue weighted by Gasteiger charge is 2.02. The third kappa shape index (κ3) is 1.42. The van der Waals surface area contributed by atoms with Crippen LogP contribution in [-0.4, -0.2) is 15.0 Å². The first-order valence-corrected chi connectivity index (χ1v) is 4.26. The molecule has 0 radical (unpaired) electrons. The molecule has 0 aliphatic carbocycles. The zero-order chi connectivity index (χ0) is 9.97. The van der Waals surface area contributed by atoms with Crippen LogP contribution in [0.1, 0.15) is 5.56 Å². The van der Waals surface area contributed by atoms with Crippen LogP contribution in [0.2, 0.25) is 0 Å². The lowest BCUT2D eigenvalue weighted by Crippen LogP contribution is -2.21. The van der Waals surface area contributed by atoms with Crippen molar-refractivity contribution < 1.29 is 0 Å². The molecule has 1 heterocycles. The number of aromatic nitrogens is 3. The van der Waals surface area contributed by atoms with E-state index in [1.54, 1.807) is 0 Å². The van der Waals surface area contributed by atoms with Gasteiger partial charge in [0.15, 0.2) is 0 Å². The molecule has 14 heavy (non-hydrogen) atoms. The first-order chi connectivity index (χ1) is 6.79. The van der Waals surface area contributed by atoms with Crippen LogP contribution in [0.5, 0.6) is 0 Å². The van der Waals surface area contributed by atoms with Crippen molar-refractivity contribution in [3.8, 4) is 5.69 Å². The molecular formula is C10H9N3O. The molecule has 0 aliphatic heterocycles. The summed E-state index contributed by atoms with van der Waals surface area (Å²) < 4.78 is 1.29. The van der Waals surface area contributed by atoms with Gasteiger partial charge < -0.3 is 0 Å². The number of hydrogen-bond acceptors (Lipinski definition) is 3. The smallest absolute Gasteiger partial charge is 0.267 e. The highest BCUT2D eigenvalue weighted by atomic mass is 16.1. The van der Waals surface area contributed by atoms with Gasteiger partial charge in [-0.3, -0.25) is 4.79 Å². The van der Waals surface area contributed by atoms with Crippen molar-refractivity contribution in [1.82, 2.24) is 15.0 Å². The molecule has 0 spiro atoms. The van der Waals surface area contributed by atoms with Crippen LogP contribution >= 0.6 is 0 Å². The SMILES string of the molecule is Cc1ccccc1-n1nnccc1=O. The summed E-state index contributed by atoms with van der Waals surface area (Å²) in [6.45, 7) is 1.93. The van der Waals surface area contributed by atoms with Gasteiger partial charge in [-0.05, 0) is 18.6 Å². The average molecular weight is 187 g/mol. The van der Waals surface area contributed by atoms with Gasteiger partial charge in [0.2, 0.25) is 0 Å². The summed E-state index contributed by atoms with van der Waals surface area (Å²) >= 11 is 0. The molecule has 1 aromatic heterocycles. The van der Waals surface area contributed by atoms with Gasteiger partial charge in [-0.2, -0.15) is 4.68 Å². The molecule has 0 aliphatic rings. The van der Waals surface area contributed by atoms with Gasteiger partial charge in [-0.25, -0.2) is 0 Å². The van der Waals surface area contributed by atoms with Crippen LogP contribution in [0.15, 0.2) is 41.3 Å². The Hall–Kier alpha value is -1.97. The molecule has 0 fully saturated rings. The third-order valence-electron chi connectivity index (χ3n) is 1.98. The molecule has 0 unspecified atom stereocenters. The zero-order valence-electron chi connectivity index (χ0n) is 7.71. The Labute approximate surface area is 80.8 Å². The van der Waals surface area contributed by atoms with E-state index in [0.717, 1.165) is 11.3 Å². The van der Waals surface area contributed by atoms with E-state index in [2.05, 4.69) is 10.3 Å². The zero-order valence-corrected chi connectivity index (χ0v) is 7.71. The van der Waals surface area contributed by atoms with E-state index >= 15 is 0 Å². The topological polar surface area (TPSA) is 47.8 Å². The van der Waals surface area contributed by atoms with Crippen molar-refractivity contribution in [2.24, 2.45) is 0 Å². The Bertz CT molecular complexity index is 504. The van der Waals surface area contributed by atoms with Crippen molar-refractivity contribution in [1.29, 1.82) is 0 Å². The molecule has 0 saturated heterocycles. The van der Waals surface area contributed by atoms with E-state index in [9.17, 15) is 4.79 Å². The molecule has 4 heteroatoms. The van der Waals surface area contributed by atoms with Gasteiger partial charge in [-0.15, -0.1) is 5.10 Å². The Kier molecular flexibility index (Phi) is 2.10. The molecule has 0 N–H and O–H groups in total. The largest absolute Gasteiger partial charge is 0.274 e. The molecule has 1 aromatic carbocycles. The van der Waals surface area contributed by atoms with Gasteiger partial charge in [0, 0.05) is 6.07 Å². The fourth-order valence-corrected chi connectivity index (χ4v) is 1.26. The summed E-state index contributed by atoms with van der Waals surface area (Å²) in [7, 11) is 0. The number of nitrogens with zero attached hydrogens (tertiary/aromatic N) is 3. The molecule has 0 saturated carbocycles. The summed E-state index contributed by atoms with van der Waals surface area (Å²) in [4.78, 5) is 11.4. The van der Waals surface area contributed by atoms with Gasteiger partial charge in [-0.1, -0.05) is 23.4 Å². The van der Waals surface area contributed by atoms with E-state index in [1.807, 2.05) is 31.2 Å². The summed E-state index contributed by atoms with van der Waals surface area (Å²) in [6.07, 6.45) is 1.39.